The number of aromatic nitrogens is 3. The Balaban J connectivity index is 0.00000123. The van der Waals surface area contributed by atoms with Crippen LogP contribution in [0.1, 0.15) is 70.2 Å². The average molecular weight is 622 g/mol. The van der Waals surface area contributed by atoms with Gasteiger partial charge in [0, 0.05) is 61.6 Å². The van der Waals surface area contributed by atoms with Gasteiger partial charge in [0.2, 0.25) is 5.91 Å². The minimum atomic E-state index is -0.315. The van der Waals surface area contributed by atoms with Crippen LogP contribution >= 0.6 is 11.6 Å². The van der Waals surface area contributed by atoms with Crippen LogP contribution in [-0.2, 0) is 21.4 Å². The summed E-state index contributed by atoms with van der Waals surface area (Å²) in [6.07, 6.45) is 8.63. The number of hydrogen-bond donors (Lipinski definition) is 2. The molecule has 6 rings (SSSR count). The number of halogens is 1. The number of nitrogens with zero attached hydrogens (tertiary/aromatic N) is 4. The number of carbonyl (C=O) groups is 2. The Bertz CT molecular complexity index is 1680. The third kappa shape index (κ3) is 6.60. The third-order valence-electron chi connectivity index (χ3n) is 9.26. The highest BCUT2D eigenvalue weighted by atomic mass is 35.5. The molecule has 0 bridgehead atoms. The highest BCUT2D eigenvalue weighted by molar-refractivity contribution is 6.30. The molecule has 2 atom stereocenters. The minimum absolute atomic E-state index is 0.0971. The highest BCUT2D eigenvalue weighted by Crippen LogP contribution is 2.39. The first-order valence-corrected chi connectivity index (χ1v) is 15.8. The van der Waals surface area contributed by atoms with Crippen LogP contribution in [0.4, 0.5) is 5.82 Å². The van der Waals surface area contributed by atoms with E-state index in [1.165, 1.54) is 19.0 Å². The zero-order chi connectivity index (χ0) is 31.3. The largest absolute Gasteiger partial charge is 0.483 e. The summed E-state index contributed by atoms with van der Waals surface area (Å²) in [5.41, 5.74) is 2.83. The van der Waals surface area contributed by atoms with Gasteiger partial charge in [-0.25, -0.2) is 9.97 Å². The molecule has 234 valence electrons. The van der Waals surface area contributed by atoms with Gasteiger partial charge in [0.25, 0.3) is 12.0 Å². The van der Waals surface area contributed by atoms with Crippen LogP contribution in [0.15, 0.2) is 45.7 Å². The van der Waals surface area contributed by atoms with Crippen molar-refractivity contribution in [3.05, 3.63) is 63.3 Å². The lowest BCUT2D eigenvalue weighted by Gasteiger charge is -2.44. The van der Waals surface area contributed by atoms with Gasteiger partial charge in [0.1, 0.15) is 16.9 Å². The standard InChI is InChI=1S/C32H38ClN5O3.CH2O2/c1-21-20-38(17-14-32(21,2)24-18-22(33)19-34-31(24)40)27(39)13-5-3-4-12-26-35-28-23-10-6-7-11-25(23)41-29(28)30(36-26)37-15-8-9-16-37;2-1-3/h6-7,10-11,18-19,21H,3-5,8-9,12-17,20H2,1-2H3,(H,34,40);1H,(H,2,3). The Morgan fingerprint density at radius 3 is 2.68 bits per heavy atom. The van der Waals surface area contributed by atoms with Crippen LogP contribution in [0.3, 0.4) is 0 Å². The van der Waals surface area contributed by atoms with Crippen molar-refractivity contribution in [3.63, 3.8) is 0 Å². The summed E-state index contributed by atoms with van der Waals surface area (Å²) in [5.74, 6) is 2.10. The predicted octanol–water partition coefficient (Wildman–Crippen LogP) is 5.95. The van der Waals surface area contributed by atoms with E-state index in [1.54, 1.807) is 6.07 Å². The van der Waals surface area contributed by atoms with Gasteiger partial charge in [-0.2, -0.15) is 0 Å². The Morgan fingerprint density at radius 2 is 1.93 bits per heavy atom. The number of aryl methyl sites for hydroxylation is 1. The summed E-state index contributed by atoms with van der Waals surface area (Å²) in [6.45, 7) is 7.27. The van der Waals surface area contributed by atoms with Crippen LogP contribution in [0, 0.1) is 5.92 Å². The number of H-pyrrole nitrogens is 1. The molecular weight excluding hydrogens is 582 g/mol. The summed E-state index contributed by atoms with van der Waals surface area (Å²) in [6, 6.07) is 9.83. The van der Waals surface area contributed by atoms with E-state index >= 15 is 0 Å². The van der Waals surface area contributed by atoms with E-state index < -0.39 is 0 Å². The molecule has 10 nitrogen and oxygen atoms in total. The molecule has 2 N–H and O–H groups in total. The lowest BCUT2D eigenvalue weighted by molar-refractivity contribution is -0.134. The van der Waals surface area contributed by atoms with Crippen molar-refractivity contribution in [1.29, 1.82) is 0 Å². The molecule has 2 aliphatic heterocycles. The second-order valence-corrected chi connectivity index (χ2v) is 12.5. The van der Waals surface area contributed by atoms with Gasteiger partial charge in [0.05, 0.1) is 5.02 Å². The number of para-hydroxylation sites is 1. The van der Waals surface area contributed by atoms with E-state index in [2.05, 4.69) is 29.8 Å². The average Bonchev–Trinajstić information content (AvgIpc) is 3.68. The zero-order valence-electron chi connectivity index (χ0n) is 25.4. The van der Waals surface area contributed by atoms with Crippen molar-refractivity contribution < 1.29 is 19.1 Å². The number of piperidine rings is 1. The fraction of sp³-hybridized carbons (Fsp3) is 0.485. The second kappa shape index (κ2) is 13.8. The number of unbranched alkanes of at least 4 members (excludes halogenated alkanes) is 2. The SMILES string of the molecule is CC1CN(C(=O)CCCCCc2nc(N3CCCC3)c3oc4ccccc4c3n2)CCC1(C)c1cc(Cl)c[nH]c1=O.O=CO. The Kier molecular flexibility index (Phi) is 9.88. The summed E-state index contributed by atoms with van der Waals surface area (Å²) in [5, 5.41) is 8.45. The summed E-state index contributed by atoms with van der Waals surface area (Å²) in [7, 11) is 0. The number of benzene rings is 1. The molecule has 0 aliphatic carbocycles. The maximum atomic E-state index is 13.1. The van der Waals surface area contributed by atoms with Crippen molar-refractivity contribution in [2.24, 2.45) is 5.92 Å². The first-order valence-electron chi connectivity index (χ1n) is 15.4. The number of likely N-dealkylation sites (tertiary alicyclic amines) is 1. The van der Waals surface area contributed by atoms with Gasteiger partial charge >= 0.3 is 0 Å². The number of anilines is 1. The first-order chi connectivity index (χ1) is 21.2. The molecule has 11 heteroatoms. The number of aromatic amines is 1. The number of amides is 1. The lowest BCUT2D eigenvalue weighted by Crippen LogP contribution is -2.51. The van der Waals surface area contributed by atoms with Gasteiger partial charge < -0.3 is 24.3 Å². The Hall–Kier alpha value is -3.92. The number of hydrogen-bond acceptors (Lipinski definition) is 7. The molecule has 44 heavy (non-hydrogen) atoms. The summed E-state index contributed by atoms with van der Waals surface area (Å²) < 4.78 is 6.20. The second-order valence-electron chi connectivity index (χ2n) is 12.1. The van der Waals surface area contributed by atoms with Crippen molar-refractivity contribution >= 4 is 51.9 Å². The van der Waals surface area contributed by atoms with Gasteiger partial charge in [-0.05, 0) is 56.2 Å². The molecule has 4 aromatic rings. The van der Waals surface area contributed by atoms with E-state index in [-0.39, 0.29) is 29.3 Å². The number of carboxylic acid groups (broad SMARTS) is 1. The van der Waals surface area contributed by atoms with Gasteiger partial charge in [0.15, 0.2) is 11.4 Å². The van der Waals surface area contributed by atoms with Crippen LogP contribution in [0.25, 0.3) is 22.1 Å². The minimum Gasteiger partial charge on any atom is -0.483 e. The van der Waals surface area contributed by atoms with Crippen LogP contribution < -0.4 is 10.5 Å². The monoisotopic (exact) mass is 621 g/mol. The van der Waals surface area contributed by atoms with E-state index in [0.29, 0.717) is 30.1 Å². The molecule has 2 fully saturated rings. The smallest absolute Gasteiger partial charge is 0.290 e. The molecule has 2 aliphatic rings. The molecule has 0 spiro atoms. The maximum Gasteiger partial charge on any atom is 0.290 e. The van der Waals surface area contributed by atoms with Gasteiger partial charge in [-0.3, -0.25) is 14.4 Å². The number of nitrogens with one attached hydrogen (secondary N) is 1. The summed E-state index contributed by atoms with van der Waals surface area (Å²) in [4.78, 5) is 50.9. The van der Waals surface area contributed by atoms with Crippen molar-refractivity contribution in [2.45, 2.75) is 70.6 Å². The number of pyridine rings is 1. The first kappa shape index (κ1) is 31.5. The zero-order valence-corrected chi connectivity index (χ0v) is 26.1. The van der Waals surface area contributed by atoms with Gasteiger partial charge in [-0.1, -0.05) is 44.0 Å². The predicted molar refractivity (Wildman–Crippen MR) is 171 cm³/mol. The molecule has 5 heterocycles. The number of furan rings is 1. The van der Waals surface area contributed by atoms with Crippen LogP contribution in [0.2, 0.25) is 5.02 Å². The maximum absolute atomic E-state index is 13.1. The van der Waals surface area contributed by atoms with E-state index in [1.807, 2.05) is 23.1 Å². The normalized spacial score (nSPS) is 20.1. The molecule has 0 saturated carbocycles. The Morgan fingerprint density at radius 1 is 1.18 bits per heavy atom. The molecule has 2 saturated heterocycles. The van der Waals surface area contributed by atoms with Crippen LogP contribution in [0.5, 0.6) is 0 Å². The van der Waals surface area contributed by atoms with E-state index in [9.17, 15) is 9.59 Å². The molecule has 1 aromatic carbocycles. The van der Waals surface area contributed by atoms with Crippen LogP contribution in [-0.4, -0.2) is 63.5 Å². The van der Waals surface area contributed by atoms with Gasteiger partial charge in [-0.15, -0.1) is 0 Å². The van der Waals surface area contributed by atoms with Crippen molar-refractivity contribution in [3.8, 4) is 0 Å². The van der Waals surface area contributed by atoms with E-state index in [0.717, 1.165) is 78.9 Å². The topological polar surface area (TPSA) is 133 Å². The van der Waals surface area contributed by atoms with E-state index in [4.69, 9.17) is 35.9 Å². The fourth-order valence-corrected chi connectivity index (χ4v) is 6.68. The summed E-state index contributed by atoms with van der Waals surface area (Å²) >= 11 is 6.18. The molecule has 2 unspecified atom stereocenters. The number of rotatable bonds is 8. The molecule has 1 amide bonds. The van der Waals surface area contributed by atoms with Crippen molar-refractivity contribution in [1.82, 2.24) is 19.9 Å². The third-order valence-corrected chi connectivity index (χ3v) is 9.48. The quantitative estimate of drug-likeness (QED) is 0.182. The number of carbonyl (C=O) groups excluding carboxylic acids is 1. The fourth-order valence-electron chi connectivity index (χ4n) is 6.52. The Labute approximate surface area is 261 Å². The molecule has 0 radical (unpaired) electrons. The van der Waals surface area contributed by atoms with Crippen molar-refractivity contribution in [2.75, 3.05) is 31.1 Å². The lowest BCUT2D eigenvalue weighted by atomic mass is 9.68. The number of fused-ring (bicyclic) bond motifs is 3. The highest BCUT2D eigenvalue weighted by Gasteiger charge is 2.40. The molecular formula is C33H40ClN5O5. The molecule has 3 aromatic heterocycles.